The van der Waals surface area contributed by atoms with Gasteiger partial charge in [-0.05, 0) is 61.3 Å². The predicted molar refractivity (Wildman–Crippen MR) is 121 cm³/mol. The van der Waals surface area contributed by atoms with E-state index in [-0.39, 0.29) is 17.7 Å². The lowest BCUT2D eigenvalue weighted by Crippen LogP contribution is -2.39. The summed E-state index contributed by atoms with van der Waals surface area (Å²) in [7, 11) is 2.14. The number of carbonyl (C=O) groups is 2. The van der Waals surface area contributed by atoms with E-state index in [1.54, 1.807) is 6.26 Å². The fourth-order valence-electron chi connectivity index (χ4n) is 4.82. The Morgan fingerprint density at radius 2 is 1.97 bits per heavy atom. The quantitative estimate of drug-likeness (QED) is 0.595. The fourth-order valence-corrected chi connectivity index (χ4v) is 4.82. The normalized spacial score (nSPS) is 20.2. The van der Waals surface area contributed by atoms with E-state index in [1.165, 1.54) is 0 Å². The summed E-state index contributed by atoms with van der Waals surface area (Å²) in [6.07, 6.45) is 4.64. The van der Waals surface area contributed by atoms with Crippen LogP contribution in [0.2, 0.25) is 0 Å². The molecule has 1 atom stereocenters. The van der Waals surface area contributed by atoms with Crippen LogP contribution in [0.5, 0.6) is 5.75 Å². The molecule has 3 aromatic rings. The van der Waals surface area contributed by atoms with Gasteiger partial charge in [0, 0.05) is 43.2 Å². The largest absolute Gasteiger partial charge is 0.492 e. The van der Waals surface area contributed by atoms with Crippen LogP contribution < -0.4 is 10.1 Å². The second-order valence-corrected chi connectivity index (χ2v) is 8.69. The topological polar surface area (TPSA) is 81.0 Å². The first kappa shape index (κ1) is 21.0. The van der Waals surface area contributed by atoms with Crippen LogP contribution in [0.3, 0.4) is 0 Å². The number of furan rings is 1. The second kappa shape index (κ2) is 8.92. The lowest BCUT2D eigenvalue weighted by Gasteiger charge is -2.31. The van der Waals surface area contributed by atoms with Gasteiger partial charge in [-0.25, -0.2) is 0 Å². The van der Waals surface area contributed by atoms with Gasteiger partial charge in [0.15, 0.2) is 0 Å². The van der Waals surface area contributed by atoms with Crippen LogP contribution in [0.4, 0.5) is 0 Å². The molecule has 32 heavy (non-hydrogen) atoms. The maximum Gasteiger partial charge on any atom is 0.234 e. The molecule has 1 N–H and O–H groups in total. The van der Waals surface area contributed by atoms with Crippen molar-refractivity contribution in [3.8, 4) is 5.75 Å². The molecule has 0 radical (unpaired) electrons. The van der Waals surface area contributed by atoms with Crippen LogP contribution >= 0.6 is 0 Å². The van der Waals surface area contributed by atoms with Gasteiger partial charge in [-0.2, -0.15) is 0 Å². The minimum absolute atomic E-state index is 0.215. The summed E-state index contributed by atoms with van der Waals surface area (Å²) in [6.45, 7) is 3.16. The average molecular weight is 437 g/mol. The number of hydrogen-bond acceptors (Lipinski definition) is 6. The van der Waals surface area contributed by atoms with Gasteiger partial charge in [0.1, 0.15) is 17.9 Å². The number of nitrogens with one attached hydrogen (secondary N) is 1. The maximum atomic E-state index is 12.4. The molecule has 0 bridgehead atoms. The highest BCUT2D eigenvalue weighted by molar-refractivity contribution is 6.10. The zero-order valence-corrected chi connectivity index (χ0v) is 18.3. The SMILES string of the molecule is CN(CCOc1ccc2c(ccc3occ([C@H]4CCC(=O)NC4=O)c32)c1)C1CCOCC1. The molecule has 0 unspecified atom stereocenters. The second-order valence-electron chi connectivity index (χ2n) is 8.69. The van der Waals surface area contributed by atoms with Crippen molar-refractivity contribution < 1.29 is 23.5 Å². The molecular weight excluding hydrogens is 408 g/mol. The summed E-state index contributed by atoms with van der Waals surface area (Å²) in [4.78, 5) is 26.3. The first-order valence-electron chi connectivity index (χ1n) is 11.3. The number of benzene rings is 2. The Hall–Kier alpha value is -2.90. The molecule has 2 fully saturated rings. The highest BCUT2D eigenvalue weighted by Crippen LogP contribution is 2.37. The Morgan fingerprint density at radius 3 is 2.78 bits per heavy atom. The van der Waals surface area contributed by atoms with Gasteiger partial charge in [0.25, 0.3) is 0 Å². The van der Waals surface area contributed by atoms with Gasteiger partial charge < -0.3 is 13.9 Å². The van der Waals surface area contributed by atoms with Gasteiger partial charge in [-0.15, -0.1) is 0 Å². The first-order chi connectivity index (χ1) is 15.6. The Kier molecular flexibility index (Phi) is 5.85. The molecule has 7 heteroatoms. The van der Waals surface area contributed by atoms with E-state index < -0.39 is 0 Å². The van der Waals surface area contributed by atoms with E-state index >= 15 is 0 Å². The van der Waals surface area contributed by atoms with Crippen LogP contribution in [0.25, 0.3) is 21.7 Å². The molecule has 5 rings (SSSR count). The average Bonchev–Trinajstić information content (AvgIpc) is 3.24. The minimum Gasteiger partial charge on any atom is -0.492 e. The summed E-state index contributed by atoms with van der Waals surface area (Å²) in [5.74, 6) is -0.0257. The number of likely N-dealkylation sites (N-methyl/N-ethyl adjacent to an activating group) is 1. The van der Waals surface area contributed by atoms with Gasteiger partial charge >= 0.3 is 0 Å². The standard InChI is InChI=1S/C25H28N2O5/c1-27(17-8-11-30-12-9-17)10-13-31-18-3-4-19-16(14-18)2-6-22-24(19)21(15-32-22)20-5-7-23(28)26-25(20)29/h2-4,6,14-15,17,20H,5,7-13H2,1H3,(H,26,28,29)/t20-/m1/s1. The number of piperidine rings is 1. The summed E-state index contributed by atoms with van der Waals surface area (Å²) in [5.41, 5.74) is 1.58. The lowest BCUT2D eigenvalue weighted by atomic mass is 9.89. The number of imide groups is 1. The third-order valence-corrected chi connectivity index (χ3v) is 6.70. The molecule has 2 amide bonds. The molecule has 2 saturated heterocycles. The summed E-state index contributed by atoms with van der Waals surface area (Å²) in [6, 6.07) is 10.5. The van der Waals surface area contributed by atoms with Crippen LogP contribution in [0.15, 0.2) is 41.0 Å². The van der Waals surface area contributed by atoms with Gasteiger partial charge in [-0.3, -0.25) is 19.8 Å². The van der Waals surface area contributed by atoms with Crippen molar-refractivity contribution in [2.45, 2.75) is 37.6 Å². The molecule has 1 aromatic heterocycles. The Labute approximate surface area is 186 Å². The molecule has 0 saturated carbocycles. The number of rotatable bonds is 6. The first-order valence-corrected chi connectivity index (χ1v) is 11.3. The van der Waals surface area contributed by atoms with Crippen LogP contribution in [0, 0.1) is 0 Å². The van der Waals surface area contributed by atoms with Gasteiger partial charge in [0.05, 0.1) is 12.2 Å². The molecule has 7 nitrogen and oxygen atoms in total. The molecule has 0 spiro atoms. The molecule has 2 aromatic carbocycles. The number of ether oxygens (including phenoxy) is 2. The Bertz CT molecular complexity index is 1150. The molecule has 168 valence electrons. The van der Waals surface area contributed by atoms with E-state index in [9.17, 15) is 9.59 Å². The summed E-state index contributed by atoms with van der Waals surface area (Å²) in [5, 5.41) is 5.42. The van der Waals surface area contributed by atoms with E-state index in [4.69, 9.17) is 13.9 Å². The van der Waals surface area contributed by atoms with Crippen molar-refractivity contribution in [3.63, 3.8) is 0 Å². The Morgan fingerprint density at radius 1 is 1.12 bits per heavy atom. The third-order valence-electron chi connectivity index (χ3n) is 6.70. The van der Waals surface area contributed by atoms with E-state index in [1.807, 2.05) is 30.3 Å². The maximum absolute atomic E-state index is 12.4. The Balaban J connectivity index is 1.34. The smallest absolute Gasteiger partial charge is 0.234 e. The van der Waals surface area contributed by atoms with Gasteiger partial charge in [-0.1, -0.05) is 6.07 Å². The third kappa shape index (κ3) is 4.10. The number of nitrogens with zero attached hydrogens (tertiary/aromatic N) is 1. The van der Waals surface area contributed by atoms with Crippen LogP contribution in [0.1, 0.15) is 37.2 Å². The molecule has 3 heterocycles. The lowest BCUT2D eigenvalue weighted by molar-refractivity contribution is -0.134. The number of carbonyl (C=O) groups excluding carboxylic acids is 2. The minimum atomic E-state index is -0.379. The fraction of sp³-hybridized carbons (Fsp3) is 0.440. The van der Waals surface area contributed by atoms with E-state index in [2.05, 4.69) is 17.3 Å². The van der Waals surface area contributed by atoms with Crippen LogP contribution in [-0.2, 0) is 14.3 Å². The van der Waals surface area contributed by atoms with Crippen molar-refractivity contribution in [1.29, 1.82) is 0 Å². The van der Waals surface area contributed by atoms with Crippen molar-refractivity contribution in [2.24, 2.45) is 0 Å². The zero-order valence-electron chi connectivity index (χ0n) is 18.3. The highest BCUT2D eigenvalue weighted by atomic mass is 16.5. The van der Waals surface area contributed by atoms with Crippen LogP contribution in [-0.4, -0.2) is 56.2 Å². The molecular formula is C25H28N2O5. The van der Waals surface area contributed by atoms with Crippen molar-refractivity contribution >= 4 is 33.6 Å². The summed E-state index contributed by atoms with van der Waals surface area (Å²) >= 11 is 0. The number of hydrogen-bond donors (Lipinski definition) is 1. The monoisotopic (exact) mass is 436 g/mol. The number of amides is 2. The van der Waals surface area contributed by atoms with E-state index in [0.29, 0.717) is 25.5 Å². The molecule has 0 aliphatic carbocycles. The predicted octanol–water partition coefficient (Wildman–Crippen LogP) is 3.60. The number of fused-ring (bicyclic) bond motifs is 3. The van der Waals surface area contributed by atoms with E-state index in [0.717, 1.165) is 65.7 Å². The van der Waals surface area contributed by atoms with Crippen molar-refractivity contribution in [2.75, 3.05) is 33.4 Å². The molecule has 2 aliphatic rings. The van der Waals surface area contributed by atoms with Gasteiger partial charge in [0.2, 0.25) is 11.8 Å². The molecule has 2 aliphatic heterocycles. The summed E-state index contributed by atoms with van der Waals surface area (Å²) < 4.78 is 17.2. The van der Waals surface area contributed by atoms with Crippen molar-refractivity contribution in [1.82, 2.24) is 10.2 Å². The zero-order chi connectivity index (χ0) is 22.1. The highest BCUT2D eigenvalue weighted by Gasteiger charge is 2.31. The van der Waals surface area contributed by atoms with Crippen molar-refractivity contribution in [3.05, 3.63) is 42.2 Å².